The maximum Gasteiger partial charge on any atom is 0.306 e. The molecule has 26 heavy (non-hydrogen) atoms. The normalized spacial score (nSPS) is 16.0. The molecule has 0 bridgehead atoms. The van der Waals surface area contributed by atoms with E-state index in [0.717, 1.165) is 24.1 Å². The van der Waals surface area contributed by atoms with Gasteiger partial charge in [-0.25, -0.2) is 0 Å². The Kier molecular flexibility index (Phi) is 5.83. The average molecular weight is 371 g/mol. The van der Waals surface area contributed by atoms with Gasteiger partial charge in [0.15, 0.2) is 12.4 Å². The molecule has 0 saturated carbocycles. The van der Waals surface area contributed by atoms with Gasteiger partial charge < -0.3 is 9.64 Å². The number of ether oxygens (including phenoxy) is 1. The van der Waals surface area contributed by atoms with Crippen LogP contribution in [-0.2, 0) is 20.7 Å². The molecule has 1 amide bonds. The van der Waals surface area contributed by atoms with Crippen LogP contribution in [0.25, 0.3) is 0 Å². The van der Waals surface area contributed by atoms with E-state index < -0.39 is 5.97 Å². The summed E-state index contributed by atoms with van der Waals surface area (Å²) >= 11 is 1.35. The first-order valence-electron chi connectivity index (χ1n) is 8.68. The van der Waals surface area contributed by atoms with Crippen molar-refractivity contribution < 1.29 is 19.1 Å². The van der Waals surface area contributed by atoms with Gasteiger partial charge in [-0.05, 0) is 42.8 Å². The van der Waals surface area contributed by atoms with E-state index in [9.17, 15) is 14.4 Å². The lowest BCUT2D eigenvalue weighted by Gasteiger charge is -2.35. The highest BCUT2D eigenvalue weighted by molar-refractivity contribution is 7.12. The minimum Gasteiger partial charge on any atom is -0.456 e. The van der Waals surface area contributed by atoms with Crippen molar-refractivity contribution >= 4 is 34.7 Å². The van der Waals surface area contributed by atoms with Crippen LogP contribution in [0.3, 0.4) is 0 Å². The van der Waals surface area contributed by atoms with Gasteiger partial charge in [-0.1, -0.05) is 24.3 Å². The predicted molar refractivity (Wildman–Crippen MR) is 101 cm³/mol. The molecule has 0 saturated heterocycles. The fourth-order valence-electron chi connectivity index (χ4n) is 3.13. The molecule has 1 unspecified atom stereocenters. The number of carbonyl (C=O) groups excluding carboxylic acids is 3. The van der Waals surface area contributed by atoms with E-state index in [4.69, 9.17) is 4.74 Å². The number of carbonyl (C=O) groups is 3. The number of esters is 1. The summed E-state index contributed by atoms with van der Waals surface area (Å²) in [6.07, 6.45) is 1.89. The smallest absolute Gasteiger partial charge is 0.306 e. The summed E-state index contributed by atoms with van der Waals surface area (Å²) in [6.45, 7) is 1.69. The number of rotatable bonds is 6. The Morgan fingerprint density at radius 3 is 2.73 bits per heavy atom. The number of anilines is 1. The van der Waals surface area contributed by atoms with E-state index in [2.05, 4.69) is 0 Å². The highest BCUT2D eigenvalue weighted by Gasteiger charge is 2.28. The van der Waals surface area contributed by atoms with Gasteiger partial charge in [0, 0.05) is 18.2 Å². The van der Waals surface area contributed by atoms with Crippen LogP contribution in [0.15, 0.2) is 41.8 Å². The van der Waals surface area contributed by atoms with Crippen LogP contribution in [0, 0.1) is 0 Å². The maximum atomic E-state index is 12.6. The molecular formula is C20H21NO4S. The first-order chi connectivity index (χ1) is 12.6. The Hall–Kier alpha value is -2.47. The van der Waals surface area contributed by atoms with Gasteiger partial charge in [-0.3, -0.25) is 14.4 Å². The minimum absolute atomic E-state index is 0.0177. The second kappa shape index (κ2) is 8.27. The molecule has 5 nitrogen and oxygen atoms in total. The number of para-hydroxylation sites is 1. The molecule has 0 radical (unpaired) electrons. The fraction of sp³-hybridized carbons (Fsp3) is 0.350. The lowest BCUT2D eigenvalue weighted by molar-refractivity contribution is -0.147. The van der Waals surface area contributed by atoms with Gasteiger partial charge in [0.05, 0.1) is 11.3 Å². The third-order valence-electron chi connectivity index (χ3n) is 4.50. The summed E-state index contributed by atoms with van der Waals surface area (Å²) < 4.78 is 5.11. The topological polar surface area (TPSA) is 63.7 Å². The van der Waals surface area contributed by atoms with Gasteiger partial charge in [0.1, 0.15) is 0 Å². The lowest BCUT2D eigenvalue weighted by atomic mass is 9.96. The van der Waals surface area contributed by atoms with E-state index in [1.807, 2.05) is 36.6 Å². The van der Waals surface area contributed by atoms with Crippen molar-refractivity contribution in [2.75, 3.05) is 11.5 Å². The Morgan fingerprint density at radius 1 is 1.15 bits per heavy atom. The van der Waals surface area contributed by atoms with E-state index in [1.54, 1.807) is 17.0 Å². The molecule has 1 aliphatic heterocycles. The van der Waals surface area contributed by atoms with Crippen LogP contribution in [-0.4, -0.2) is 30.3 Å². The van der Waals surface area contributed by atoms with Crippen molar-refractivity contribution in [2.45, 2.75) is 38.6 Å². The number of amides is 1. The summed E-state index contributed by atoms with van der Waals surface area (Å²) in [4.78, 5) is 38.7. The van der Waals surface area contributed by atoms with Crippen molar-refractivity contribution in [1.82, 2.24) is 0 Å². The molecular weight excluding hydrogens is 350 g/mol. The quantitative estimate of drug-likeness (QED) is 0.575. The Balaban J connectivity index is 1.52. The van der Waals surface area contributed by atoms with Crippen molar-refractivity contribution in [3.05, 3.63) is 52.2 Å². The minimum atomic E-state index is -0.527. The van der Waals surface area contributed by atoms with Crippen molar-refractivity contribution in [1.29, 1.82) is 0 Å². The zero-order chi connectivity index (χ0) is 18.5. The van der Waals surface area contributed by atoms with Gasteiger partial charge in [-0.15, -0.1) is 11.3 Å². The van der Waals surface area contributed by atoms with E-state index >= 15 is 0 Å². The average Bonchev–Trinajstić information content (AvgIpc) is 3.19. The highest BCUT2D eigenvalue weighted by atomic mass is 32.1. The second-order valence-electron chi connectivity index (χ2n) is 6.34. The molecule has 1 aromatic heterocycles. The number of thiophene rings is 1. The molecule has 0 aliphatic carbocycles. The van der Waals surface area contributed by atoms with Crippen LogP contribution >= 0.6 is 11.3 Å². The number of hydrogen-bond donors (Lipinski definition) is 0. The van der Waals surface area contributed by atoms with E-state index in [1.165, 1.54) is 11.3 Å². The van der Waals surface area contributed by atoms with Crippen LogP contribution in [0.1, 0.15) is 41.4 Å². The van der Waals surface area contributed by atoms with Crippen molar-refractivity contribution in [3.8, 4) is 0 Å². The van der Waals surface area contributed by atoms with E-state index in [0.29, 0.717) is 4.88 Å². The Morgan fingerprint density at radius 2 is 1.96 bits per heavy atom. The number of Topliss-reactive ketones (excluding diaryl/α,β-unsaturated/α-hetero) is 1. The third-order valence-corrected chi connectivity index (χ3v) is 5.41. The van der Waals surface area contributed by atoms with Gasteiger partial charge in [0.25, 0.3) is 5.91 Å². The molecule has 0 spiro atoms. The summed E-state index contributed by atoms with van der Waals surface area (Å²) in [6, 6.07) is 11.4. The summed E-state index contributed by atoms with van der Waals surface area (Å²) in [5.41, 5.74) is 2.02. The van der Waals surface area contributed by atoms with Crippen molar-refractivity contribution in [3.63, 3.8) is 0 Å². The molecule has 3 rings (SSSR count). The van der Waals surface area contributed by atoms with Crippen molar-refractivity contribution in [2.24, 2.45) is 0 Å². The first kappa shape index (κ1) is 18.3. The Labute approximate surface area is 156 Å². The molecule has 2 heterocycles. The zero-order valence-electron chi connectivity index (χ0n) is 14.6. The maximum absolute atomic E-state index is 12.6. The summed E-state index contributed by atoms with van der Waals surface area (Å²) in [5.74, 6) is -0.842. The molecule has 1 atom stereocenters. The number of nitrogens with zero attached hydrogens (tertiary/aromatic N) is 1. The number of ketones is 1. The van der Waals surface area contributed by atoms with Crippen LogP contribution < -0.4 is 4.90 Å². The molecule has 1 aromatic carbocycles. The number of fused-ring (bicyclic) bond motifs is 1. The van der Waals surface area contributed by atoms with Gasteiger partial charge in [0.2, 0.25) is 0 Å². The van der Waals surface area contributed by atoms with Crippen LogP contribution in [0.4, 0.5) is 5.69 Å². The van der Waals surface area contributed by atoms with Crippen LogP contribution in [0.5, 0.6) is 0 Å². The summed E-state index contributed by atoms with van der Waals surface area (Å²) in [5, 5.41) is 1.82. The second-order valence-corrected chi connectivity index (χ2v) is 7.29. The molecule has 0 N–H and O–H groups in total. The Bertz CT molecular complexity index is 800. The number of aryl methyl sites for hydroxylation is 1. The molecule has 2 aromatic rings. The standard InChI is InChI=1S/C20H21NO4S/c1-14-8-9-15-5-2-3-6-16(15)21(14)19(23)13-25-20(24)11-10-17(22)18-7-4-12-26-18/h2-7,12,14H,8-11,13H2,1H3. The lowest BCUT2D eigenvalue weighted by Crippen LogP contribution is -2.44. The first-order valence-corrected chi connectivity index (χ1v) is 9.56. The van der Waals surface area contributed by atoms with Gasteiger partial charge >= 0.3 is 5.97 Å². The van der Waals surface area contributed by atoms with E-state index in [-0.39, 0.29) is 37.2 Å². The molecule has 0 fully saturated rings. The van der Waals surface area contributed by atoms with Crippen LogP contribution in [0.2, 0.25) is 0 Å². The third kappa shape index (κ3) is 4.19. The SMILES string of the molecule is CC1CCc2ccccc2N1C(=O)COC(=O)CCC(=O)c1cccs1. The highest BCUT2D eigenvalue weighted by Crippen LogP contribution is 2.30. The van der Waals surface area contributed by atoms with Gasteiger partial charge in [-0.2, -0.15) is 0 Å². The summed E-state index contributed by atoms with van der Waals surface area (Å²) in [7, 11) is 0. The number of hydrogen-bond acceptors (Lipinski definition) is 5. The predicted octanol–water partition coefficient (Wildman–Crippen LogP) is 3.62. The zero-order valence-corrected chi connectivity index (χ0v) is 15.5. The monoisotopic (exact) mass is 371 g/mol. The largest absolute Gasteiger partial charge is 0.456 e. The molecule has 1 aliphatic rings. The molecule has 6 heteroatoms. The fourth-order valence-corrected chi connectivity index (χ4v) is 3.82. The number of benzene rings is 1. The molecule has 136 valence electrons.